The van der Waals surface area contributed by atoms with Crippen molar-refractivity contribution in [2.45, 2.75) is 44.8 Å². The van der Waals surface area contributed by atoms with E-state index >= 15 is 0 Å². The summed E-state index contributed by atoms with van der Waals surface area (Å²) in [5.74, 6) is 0.900. The number of halogens is 3. The van der Waals surface area contributed by atoms with E-state index in [1.807, 2.05) is 0 Å². The zero-order chi connectivity index (χ0) is 24.6. The molecule has 0 spiro atoms. The van der Waals surface area contributed by atoms with Crippen LogP contribution in [0.2, 0.25) is 0 Å². The summed E-state index contributed by atoms with van der Waals surface area (Å²) in [5.41, 5.74) is -0.978. The first-order valence-electron chi connectivity index (χ1n) is 11.6. The Kier molecular flexibility index (Phi) is 6.16. The molecule has 11 heteroatoms. The van der Waals surface area contributed by atoms with Gasteiger partial charge < -0.3 is 9.64 Å². The number of hydrogen-bond donors (Lipinski definition) is 0. The minimum atomic E-state index is -4.61. The van der Waals surface area contributed by atoms with Gasteiger partial charge in [-0.25, -0.2) is 15.0 Å². The molecule has 1 atom stereocenters. The Morgan fingerprint density at radius 1 is 1.11 bits per heavy atom. The molecule has 5 rings (SSSR count). The zero-order valence-electron chi connectivity index (χ0n) is 19.1. The molecular weight excluding hydrogens is 461 g/mol. The number of nitrogens with zero attached hydrogens (tertiary/aromatic N) is 6. The van der Waals surface area contributed by atoms with Crippen LogP contribution in [0.15, 0.2) is 43.0 Å². The van der Waals surface area contributed by atoms with Gasteiger partial charge in [-0.2, -0.15) is 23.0 Å². The minimum Gasteiger partial charge on any atom is -0.493 e. The third-order valence-electron chi connectivity index (χ3n) is 6.23. The molecule has 3 aromatic rings. The third-order valence-corrected chi connectivity index (χ3v) is 6.23. The van der Waals surface area contributed by atoms with Gasteiger partial charge in [0.15, 0.2) is 5.82 Å². The standard InChI is InChI=1S/C24H25F3N6O2/c1-15(21-30-14-31-33(21)23-28-7-2-8-29-23)32(12-16-3-4-16)22(34)18-9-19(24(25,26)27)11-20(10-18)35-13-17-5-6-17/h2,7-11,14-17H,3-6,12-13H2,1H3. The molecule has 184 valence electrons. The van der Waals surface area contributed by atoms with E-state index in [-0.39, 0.29) is 11.3 Å². The molecule has 0 radical (unpaired) electrons. The summed E-state index contributed by atoms with van der Waals surface area (Å²) >= 11 is 0. The summed E-state index contributed by atoms with van der Waals surface area (Å²) in [6.07, 6.45) is 3.80. The molecule has 1 unspecified atom stereocenters. The maximum Gasteiger partial charge on any atom is 0.416 e. The monoisotopic (exact) mass is 486 g/mol. The summed E-state index contributed by atoms with van der Waals surface area (Å²) in [4.78, 5) is 28.0. The second-order valence-corrected chi connectivity index (χ2v) is 9.15. The van der Waals surface area contributed by atoms with Crippen LogP contribution in [0, 0.1) is 11.8 Å². The third kappa shape index (κ3) is 5.44. The maximum atomic E-state index is 13.7. The lowest BCUT2D eigenvalue weighted by Crippen LogP contribution is -2.37. The number of carbonyl (C=O) groups excluding carboxylic acids is 1. The number of benzene rings is 1. The lowest BCUT2D eigenvalue weighted by molar-refractivity contribution is -0.137. The molecule has 0 N–H and O–H groups in total. The Bertz CT molecular complexity index is 1190. The summed E-state index contributed by atoms with van der Waals surface area (Å²) in [7, 11) is 0. The Morgan fingerprint density at radius 2 is 1.83 bits per heavy atom. The van der Waals surface area contributed by atoms with Crippen molar-refractivity contribution in [3.05, 3.63) is 59.9 Å². The average Bonchev–Trinajstić information content (AvgIpc) is 3.79. The quantitative estimate of drug-likeness (QED) is 0.443. The Balaban J connectivity index is 1.47. The molecule has 2 aliphatic carbocycles. The van der Waals surface area contributed by atoms with Crippen LogP contribution in [0.3, 0.4) is 0 Å². The average molecular weight is 486 g/mol. The second kappa shape index (κ2) is 9.27. The van der Waals surface area contributed by atoms with Gasteiger partial charge in [0.2, 0.25) is 0 Å². The molecule has 2 fully saturated rings. The summed E-state index contributed by atoms with van der Waals surface area (Å²) in [5, 5.41) is 4.20. The normalized spacial score (nSPS) is 16.7. The molecule has 1 amide bonds. The highest BCUT2D eigenvalue weighted by Crippen LogP contribution is 2.37. The highest BCUT2D eigenvalue weighted by Gasteiger charge is 2.36. The molecule has 35 heavy (non-hydrogen) atoms. The summed E-state index contributed by atoms with van der Waals surface area (Å²) in [6.45, 7) is 2.52. The van der Waals surface area contributed by atoms with Crippen LogP contribution in [0.25, 0.3) is 5.95 Å². The van der Waals surface area contributed by atoms with Crippen molar-refractivity contribution < 1.29 is 22.7 Å². The van der Waals surface area contributed by atoms with Crippen LogP contribution in [0.4, 0.5) is 13.2 Å². The molecule has 1 aromatic carbocycles. The predicted octanol–water partition coefficient (Wildman–Crippen LogP) is 4.48. The molecule has 2 saturated carbocycles. The van der Waals surface area contributed by atoms with Crippen molar-refractivity contribution in [2.75, 3.05) is 13.2 Å². The van der Waals surface area contributed by atoms with Gasteiger partial charge >= 0.3 is 6.18 Å². The van der Waals surface area contributed by atoms with Crippen LogP contribution in [0.5, 0.6) is 5.75 Å². The zero-order valence-corrected chi connectivity index (χ0v) is 19.1. The van der Waals surface area contributed by atoms with Crippen molar-refractivity contribution in [1.82, 2.24) is 29.6 Å². The number of aromatic nitrogens is 5. The fourth-order valence-corrected chi connectivity index (χ4v) is 3.86. The van der Waals surface area contributed by atoms with Crippen LogP contribution in [0.1, 0.15) is 60.4 Å². The highest BCUT2D eigenvalue weighted by molar-refractivity contribution is 5.95. The summed E-state index contributed by atoms with van der Waals surface area (Å²) in [6, 6.07) is 4.33. The van der Waals surface area contributed by atoms with Crippen molar-refractivity contribution in [3.63, 3.8) is 0 Å². The second-order valence-electron chi connectivity index (χ2n) is 9.15. The Morgan fingerprint density at radius 3 is 2.49 bits per heavy atom. The number of ether oxygens (including phenoxy) is 1. The van der Waals surface area contributed by atoms with Gasteiger partial charge in [0.1, 0.15) is 12.1 Å². The van der Waals surface area contributed by atoms with Gasteiger partial charge in [0.05, 0.1) is 18.2 Å². The first-order valence-corrected chi connectivity index (χ1v) is 11.6. The van der Waals surface area contributed by atoms with Gasteiger partial charge in [-0.05, 0) is 68.7 Å². The molecule has 2 aromatic heterocycles. The van der Waals surface area contributed by atoms with E-state index in [2.05, 4.69) is 20.1 Å². The topological polar surface area (TPSA) is 86.0 Å². The highest BCUT2D eigenvalue weighted by atomic mass is 19.4. The van der Waals surface area contributed by atoms with Gasteiger partial charge in [-0.3, -0.25) is 4.79 Å². The largest absolute Gasteiger partial charge is 0.493 e. The smallest absolute Gasteiger partial charge is 0.416 e. The molecule has 8 nitrogen and oxygen atoms in total. The number of alkyl halides is 3. The number of amides is 1. The fraction of sp³-hybridized carbons (Fsp3) is 0.458. The van der Waals surface area contributed by atoms with Crippen molar-refractivity contribution >= 4 is 5.91 Å². The lowest BCUT2D eigenvalue weighted by atomic mass is 10.1. The first-order chi connectivity index (χ1) is 16.8. The number of hydrogen-bond acceptors (Lipinski definition) is 6. The van der Waals surface area contributed by atoms with Crippen LogP contribution >= 0.6 is 0 Å². The lowest BCUT2D eigenvalue weighted by Gasteiger charge is -2.29. The molecule has 0 aliphatic heterocycles. The Hall–Kier alpha value is -3.50. The van der Waals surface area contributed by atoms with Crippen LogP contribution in [-0.2, 0) is 6.18 Å². The van der Waals surface area contributed by atoms with Crippen molar-refractivity contribution in [1.29, 1.82) is 0 Å². The van der Waals surface area contributed by atoms with E-state index in [0.29, 0.717) is 36.8 Å². The predicted molar refractivity (Wildman–Crippen MR) is 119 cm³/mol. The van der Waals surface area contributed by atoms with E-state index in [1.165, 1.54) is 17.1 Å². The molecule has 0 saturated heterocycles. The van der Waals surface area contributed by atoms with E-state index < -0.39 is 23.7 Å². The van der Waals surface area contributed by atoms with Crippen LogP contribution < -0.4 is 4.74 Å². The van der Waals surface area contributed by atoms with Gasteiger partial charge in [-0.15, -0.1) is 0 Å². The van der Waals surface area contributed by atoms with E-state index in [0.717, 1.165) is 37.8 Å². The Labute approximate surface area is 200 Å². The number of carbonyl (C=O) groups is 1. The van der Waals surface area contributed by atoms with Crippen molar-refractivity contribution in [2.24, 2.45) is 11.8 Å². The van der Waals surface area contributed by atoms with Gasteiger partial charge in [0, 0.05) is 24.5 Å². The van der Waals surface area contributed by atoms with E-state index in [1.54, 1.807) is 30.3 Å². The number of rotatable bonds is 9. The molecule has 2 aliphatic rings. The SMILES string of the molecule is CC(c1ncnn1-c1ncccn1)N(CC1CC1)C(=O)c1cc(OCC2CC2)cc(C(F)(F)F)c1. The molecule has 2 heterocycles. The fourth-order valence-electron chi connectivity index (χ4n) is 3.86. The van der Waals surface area contributed by atoms with Crippen molar-refractivity contribution in [3.8, 4) is 11.7 Å². The molecular formula is C24H25F3N6O2. The minimum absolute atomic E-state index is 0.0509. The summed E-state index contributed by atoms with van der Waals surface area (Å²) < 4.78 is 48.0. The van der Waals surface area contributed by atoms with Crippen LogP contribution in [-0.4, -0.2) is 48.7 Å². The maximum absolute atomic E-state index is 13.7. The van der Waals surface area contributed by atoms with Gasteiger partial charge in [-0.1, -0.05) is 0 Å². The van der Waals surface area contributed by atoms with E-state index in [9.17, 15) is 18.0 Å². The first kappa shape index (κ1) is 23.3. The molecule has 0 bridgehead atoms. The van der Waals surface area contributed by atoms with E-state index in [4.69, 9.17) is 4.74 Å². The van der Waals surface area contributed by atoms with Gasteiger partial charge in [0.25, 0.3) is 11.9 Å².